The smallest absolute Gasteiger partial charge is 0.239 e. The summed E-state index contributed by atoms with van der Waals surface area (Å²) in [6.45, 7) is 6.84. The van der Waals surface area contributed by atoms with E-state index in [0.29, 0.717) is 19.5 Å². The van der Waals surface area contributed by atoms with Crippen LogP contribution in [0, 0.1) is 5.41 Å². The van der Waals surface area contributed by atoms with Gasteiger partial charge in [0, 0.05) is 18.5 Å². The number of carbonyl (C=O) groups excluding carboxylic acids is 1. The van der Waals surface area contributed by atoms with Crippen LogP contribution < -0.4 is 5.73 Å². The maximum absolute atomic E-state index is 11.6. The van der Waals surface area contributed by atoms with Crippen LogP contribution in [0.5, 0.6) is 0 Å². The predicted molar refractivity (Wildman–Crippen MR) is 54.6 cm³/mol. The van der Waals surface area contributed by atoms with Gasteiger partial charge in [-0.15, -0.1) is 0 Å². The molecule has 0 radical (unpaired) electrons. The summed E-state index contributed by atoms with van der Waals surface area (Å²) in [5, 5.41) is 9.71. The Bertz CT molecular complexity index is 226. The van der Waals surface area contributed by atoms with Crippen LogP contribution in [-0.4, -0.2) is 41.1 Å². The van der Waals surface area contributed by atoms with Gasteiger partial charge >= 0.3 is 0 Å². The fourth-order valence-electron chi connectivity index (χ4n) is 1.82. The lowest BCUT2D eigenvalue weighted by Crippen LogP contribution is -2.53. The maximum Gasteiger partial charge on any atom is 0.239 e. The normalized spacial score (nSPS) is 28.6. The van der Waals surface area contributed by atoms with Crippen LogP contribution in [0.4, 0.5) is 0 Å². The van der Waals surface area contributed by atoms with Crippen molar-refractivity contribution in [3.05, 3.63) is 0 Å². The largest absolute Gasteiger partial charge is 0.392 e. The maximum atomic E-state index is 11.6. The van der Waals surface area contributed by atoms with Gasteiger partial charge in [0.2, 0.25) is 5.91 Å². The zero-order valence-corrected chi connectivity index (χ0v) is 9.16. The Hall–Kier alpha value is -0.610. The van der Waals surface area contributed by atoms with E-state index in [9.17, 15) is 9.90 Å². The summed E-state index contributed by atoms with van der Waals surface area (Å²) in [7, 11) is 0. The van der Waals surface area contributed by atoms with E-state index >= 15 is 0 Å². The van der Waals surface area contributed by atoms with Crippen molar-refractivity contribution in [2.75, 3.05) is 13.1 Å². The summed E-state index contributed by atoms with van der Waals surface area (Å²) in [5.41, 5.74) is 5.32. The molecule has 0 aliphatic carbocycles. The summed E-state index contributed by atoms with van der Waals surface area (Å²) in [6, 6.07) is -0.443. The van der Waals surface area contributed by atoms with Gasteiger partial charge in [0.05, 0.1) is 12.1 Å². The number of hydrogen-bond donors (Lipinski definition) is 2. The lowest BCUT2D eigenvalue weighted by atomic mass is 9.81. The van der Waals surface area contributed by atoms with Crippen molar-refractivity contribution in [3.8, 4) is 0 Å². The Morgan fingerprint density at radius 2 is 2.21 bits per heavy atom. The highest BCUT2D eigenvalue weighted by Gasteiger charge is 2.36. The van der Waals surface area contributed by atoms with Crippen LogP contribution in [0.3, 0.4) is 0 Å². The molecule has 1 unspecified atom stereocenters. The molecular formula is C10H20N2O2. The third-order valence-electron chi connectivity index (χ3n) is 2.87. The second-order valence-electron chi connectivity index (χ2n) is 4.84. The van der Waals surface area contributed by atoms with Gasteiger partial charge < -0.3 is 15.7 Å². The summed E-state index contributed by atoms with van der Waals surface area (Å²) in [6.07, 6.45) is 0.325. The number of hydrogen-bond acceptors (Lipinski definition) is 3. The molecule has 0 aromatic carbocycles. The minimum Gasteiger partial charge on any atom is -0.392 e. The first-order chi connectivity index (χ1) is 6.34. The van der Waals surface area contributed by atoms with E-state index < -0.39 is 6.04 Å². The quantitative estimate of drug-likeness (QED) is 0.624. The zero-order chi connectivity index (χ0) is 10.9. The highest BCUT2D eigenvalue weighted by Crippen LogP contribution is 2.29. The Kier molecular flexibility index (Phi) is 3.17. The van der Waals surface area contributed by atoms with E-state index in [1.807, 2.05) is 13.8 Å². The van der Waals surface area contributed by atoms with Crippen molar-refractivity contribution in [2.24, 2.45) is 11.1 Å². The Balaban J connectivity index is 2.64. The van der Waals surface area contributed by atoms with Crippen molar-refractivity contribution in [1.82, 2.24) is 4.90 Å². The molecule has 1 saturated heterocycles. The van der Waals surface area contributed by atoms with E-state index in [0.717, 1.165) is 0 Å². The van der Waals surface area contributed by atoms with Crippen LogP contribution in [0.15, 0.2) is 0 Å². The number of aliphatic hydroxyl groups excluding tert-OH is 1. The minimum atomic E-state index is -0.443. The van der Waals surface area contributed by atoms with E-state index in [4.69, 9.17) is 5.73 Å². The van der Waals surface area contributed by atoms with Crippen LogP contribution in [-0.2, 0) is 4.79 Å². The SMILES string of the molecule is C[C@@H](N)C(=O)N1CCC(O)C(C)(C)C1. The molecule has 1 heterocycles. The number of carbonyl (C=O) groups is 1. The molecule has 0 bridgehead atoms. The second kappa shape index (κ2) is 3.87. The van der Waals surface area contributed by atoms with Crippen molar-refractivity contribution < 1.29 is 9.90 Å². The van der Waals surface area contributed by atoms with Crippen LogP contribution in [0.25, 0.3) is 0 Å². The second-order valence-corrected chi connectivity index (χ2v) is 4.84. The number of amides is 1. The molecule has 1 fully saturated rings. The fourth-order valence-corrected chi connectivity index (χ4v) is 1.82. The third kappa shape index (κ3) is 2.25. The average molecular weight is 200 g/mol. The standard InChI is InChI=1S/C10H20N2O2/c1-7(11)9(14)12-5-4-8(13)10(2,3)6-12/h7-8,13H,4-6,11H2,1-3H3/t7-,8?/m1/s1. The van der Waals surface area contributed by atoms with Crippen molar-refractivity contribution >= 4 is 5.91 Å². The average Bonchev–Trinajstić information content (AvgIpc) is 2.08. The van der Waals surface area contributed by atoms with Crippen molar-refractivity contribution in [2.45, 2.75) is 39.3 Å². The monoisotopic (exact) mass is 200 g/mol. The van der Waals surface area contributed by atoms with Crippen molar-refractivity contribution in [1.29, 1.82) is 0 Å². The molecule has 2 atom stereocenters. The van der Waals surface area contributed by atoms with Gasteiger partial charge in [-0.3, -0.25) is 4.79 Å². The third-order valence-corrected chi connectivity index (χ3v) is 2.87. The number of nitrogens with zero attached hydrogens (tertiary/aromatic N) is 1. The number of piperidine rings is 1. The molecule has 0 aromatic rings. The molecule has 0 spiro atoms. The predicted octanol–water partition coefficient (Wildman–Crippen LogP) is -0.0470. The minimum absolute atomic E-state index is 0.0232. The van der Waals surface area contributed by atoms with Crippen LogP contribution in [0.2, 0.25) is 0 Å². The Morgan fingerprint density at radius 3 is 2.64 bits per heavy atom. The van der Waals surface area contributed by atoms with Gasteiger partial charge in [-0.25, -0.2) is 0 Å². The lowest BCUT2D eigenvalue weighted by Gasteiger charge is -2.42. The Labute approximate surface area is 85.1 Å². The molecule has 0 saturated carbocycles. The molecule has 82 valence electrons. The number of rotatable bonds is 1. The van der Waals surface area contributed by atoms with Crippen LogP contribution in [0.1, 0.15) is 27.2 Å². The zero-order valence-electron chi connectivity index (χ0n) is 9.16. The first-order valence-corrected chi connectivity index (χ1v) is 5.07. The summed E-state index contributed by atoms with van der Waals surface area (Å²) >= 11 is 0. The van der Waals surface area contributed by atoms with Gasteiger partial charge in [0.25, 0.3) is 0 Å². The van der Waals surface area contributed by atoms with Crippen molar-refractivity contribution in [3.63, 3.8) is 0 Å². The van der Waals surface area contributed by atoms with E-state index in [2.05, 4.69) is 0 Å². The molecule has 1 rings (SSSR count). The molecule has 1 aliphatic rings. The first kappa shape index (κ1) is 11.5. The van der Waals surface area contributed by atoms with E-state index in [1.165, 1.54) is 0 Å². The van der Waals surface area contributed by atoms with E-state index in [1.54, 1.807) is 11.8 Å². The van der Waals surface area contributed by atoms with Gasteiger partial charge in [0.1, 0.15) is 0 Å². The highest BCUT2D eigenvalue weighted by atomic mass is 16.3. The molecule has 1 aliphatic heterocycles. The molecule has 14 heavy (non-hydrogen) atoms. The molecule has 3 N–H and O–H groups in total. The molecule has 4 nitrogen and oxygen atoms in total. The van der Waals surface area contributed by atoms with Gasteiger partial charge in [-0.05, 0) is 13.3 Å². The van der Waals surface area contributed by atoms with Gasteiger partial charge in [-0.2, -0.15) is 0 Å². The summed E-state index contributed by atoms with van der Waals surface area (Å²) < 4.78 is 0. The number of nitrogens with two attached hydrogens (primary N) is 1. The topological polar surface area (TPSA) is 66.6 Å². The number of likely N-dealkylation sites (tertiary alicyclic amines) is 1. The molecule has 4 heteroatoms. The highest BCUT2D eigenvalue weighted by molar-refractivity contribution is 5.81. The fraction of sp³-hybridized carbons (Fsp3) is 0.900. The summed E-state index contributed by atoms with van der Waals surface area (Å²) in [4.78, 5) is 13.4. The molecule has 0 aromatic heterocycles. The Morgan fingerprint density at radius 1 is 1.64 bits per heavy atom. The van der Waals surface area contributed by atoms with Gasteiger partial charge in [0.15, 0.2) is 0 Å². The number of aliphatic hydroxyl groups is 1. The molecular weight excluding hydrogens is 180 g/mol. The lowest BCUT2D eigenvalue weighted by molar-refractivity contribution is -0.138. The van der Waals surface area contributed by atoms with E-state index in [-0.39, 0.29) is 17.4 Å². The van der Waals surface area contributed by atoms with Gasteiger partial charge in [-0.1, -0.05) is 13.8 Å². The first-order valence-electron chi connectivity index (χ1n) is 5.07. The molecule has 1 amide bonds. The van der Waals surface area contributed by atoms with Crippen LogP contribution >= 0.6 is 0 Å². The summed E-state index contributed by atoms with van der Waals surface area (Å²) in [5.74, 6) is -0.0232.